The van der Waals surface area contributed by atoms with E-state index in [0.717, 1.165) is 11.5 Å². The molecule has 0 aliphatic heterocycles. The van der Waals surface area contributed by atoms with Gasteiger partial charge < -0.3 is 19.7 Å². The predicted octanol–water partition coefficient (Wildman–Crippen LogP) is 4.62. The molecule has 6 heteroatoms. The maximum atomic E-state index is 10.3. The van der Waals surface area contributed by atoms with E-state index in [0.29, 0.717) is 22.5 Å². The molecule has 0 fully saturated rings. The lowest BCUT2D eigenvalue weighted by molar-refractivity contribution is 0.402. The molecular weight excluding hydrogens is 356 g/mol. The molecule has 3 aromatic carbocycles. The molecule has 28 heavy (non-hydrogen) atoms. The normalized spacial score (nSPS) is 11.2. The first-order chi connectivity index (χ1) is 13.6. The van der Waals surface area contributed by atoms with Crippen molar-refractivity contribution in [3.05, 3.63) is 71.8 Å². The van der Waals surface area contributed by atoms with Crippen LogP contribution in [0.3, 0.4) is 0 Å². The third-order valence-electron chi connectivity index (χ3n) is 4.06. The standard InChI is InChI=1S/C22H20N2O4/c1-27-19-9-5-17(6-10-19)23-13-15-3-4-16(22(26)21(15)25)14-24-18-7-11-20(28-2)12-8-18/h3-14,25-26H,1-2H3. The fourth-order valence-corrected chi connectivity index (χ4v) is 2.44. The molecule has 142 valence electrons. The van der Waals surface area contributed by atoms with Crippen LogP contribution in [0.25, 0.3) is 0 Å². The maximum Gasteiger partial charge on any atom is 0.167 e. The fourth-order valence-electron chi connectivity index (χ4n) is 2.44. The SMILES string of the molecule is COc1ccc(N=Cc2ccc(C=Nc3ccc(OC)cc3)c(O)c2O)cc1. The molecule has 2 N–H and O–H groups in total. The van der Waals surface area contributed by atoms with E-state index in [1.54, 1.807) is 74.9 Å². The third-order valence-corrected chi connectivity index (χ3v) is 4.06. The average Bonchev–Trinajstić information content (AvgIpc) is 2.75. The Bertz CT molecular complexity index is 912. The van der Waals surface area contributed by atoms with Crippen molar-refractivity contribution in [2.75, 3.05) is 14.2 Å². The summed E-state index contributed by atoms with van der Waals surface area (Å²) in [5.74, 6) is 0.965. The molecule has 0 aliphatic rings. The van der Waals surface area contributed by atoms with Gasteiger partial charge in [0.05, 0.1) is 25.6 Å². The Kier molecular flexibility index (Phi) is 5.91. The number of hydrogen-bond acceptors (Lipinski definition) is 6. The van der Waals surface area contributed by atoms with Gasteiger partial charge in [-0.1, -0.05) is 0 Å². The fraction of sp³-hybridized carbons (Fsp3) is 0.0909. The van der Waals surface area contributed by atoms with Crippen LogP contribution in [0.5, 0.6) is 23.0 Å². The number of aliphatic imine (C=N–C) groups is 2. The van der Waals surface area contributed by atoms with Crippen LogP contribution in [0.1, 0.15) is 11.1 Å². The summed E-state index contributed by atoms with van der Waals surface area (Å²) in [4.78, 5) is 8.59. The van der Waals surface area contributed by atoms with Crippen LogP contribution < -0.4 is 9.47 Å². The van der Waals surface area contributed by atoms with Crippen molar-refractivity contribution >= 4 is 23.8 Å². The minimum absolute atomic E-state index is 0.254. The molecule has 0 heterocycles. The van der Waals surface area contributed by atoms with E-state index in [-0.39, 0.29) is 11.5 Å². The molecule has 0 aromatic heterocycles. The van der Waals surface area contributed by atoms with Gasteiger partial charge in [-0.05, 0) is 60.7 Å². The number of benzene rings is 3. The molecule has 0 bridgehead atoms. The van der Waals surface area contributed by atoms with Crippen molar-refractivity contribution in [1.82, 2.24) is 0 Å². The zero-order valence-corrected chi connectivity index (χ0v) is 15.5. The van der Waals surface area contributed by atoms with Crippen LogP contribution in [0.15, 0.2) is 70.6 Å². The number of ether oxygens (including phenoxy) is 2. The first-order valence-corrected chi connectivity index (χ1v) is 8.52. The minimum atomic E-state index is -0.254. The molecule has 0 unspecified atom stereocenters. The number of nitrogens with zero attached hydrogens (tertiary/aromatic N) is 2. The van der Waals surface area contributed by atoms with E-state index < -0.39 is 0 Å². The highest BCUT2D eigenvalue weighted by Gasteiger charge is 2.09. The molecule has 0 saturated carbocycles. The van der Waals surface area contributed by atoms with E-state index in [4.69, 9.17) is 9.47 Å². The minimum Gasteiger partial charge on any atom is -0.504 e. The molecule has 0 spiro atoms. The van der Waals surface area contributed by atoms with Gasteiger partial charge in [0.25, 0.3) is 0 Å². The van der Waals surface area contributed by atoms with Crippen molar-refractivity contribution in [1.29, 1.82) is 0 Å². The molecule has 3 rings (SSSR count). The summed E-state index contributed by atoms with van der Waals surface area (Å²) in [6.07, 6.45) is 2.97. The lowest BCUT2D eigenvalue weighted by Gasteiger charge is -2.05. The highest BCUT2D eigenvalue weighted by Crippen LogP contribution is 2.31. The van der Waals surface area contributed by atoms with Crippen LogP contribution in [-0.4, -0.2) is 36.9 Å². The summed E-state index contributed by atoms with van der Waals surface area (Å²) in [6.45, 7) is 0. The summed E-state index contributed by atoms with van der Waals surface area (Å²) >= 11 is 0. The van der Waals surface area contributed by atoms with Crippen LogP contribution >= 0.6 is 0 Å². The van der Waals surface area contributed by atoms with Crippen LogP contribution in [0.2, 0.25) is 0 Å². The number of phenols is 2. The quantitative estimate of drug-likeness (QED) is 0.486. The number of aromatic hydroxyl groups is 2. The lowest BCUT2D eigenvalue weighted by Crippen LogP contribution is -1.89. The number of phenolic OH excluding ortho intramolecular Hbond substituents is 2. The van der Waals surface area contributed by atoms with E-state index in [1.807, 2.05) is 0 Å². The van der Waals surface area contributed by atoms with Crippen molar-refractivity contribution in [3.63, 3.8) is 0 Å². The highest BCUT2D eigenvalue weighted by molar-refractivity contribution is 5.92. The van der Waals surface area contributed by atoms with Gasteiger partial charge in [-0.3, -0.25) is 9.98 Å². The summed E-state index contributed by atoms with van der Waals surface area (Å²) in [6, 6.07) is 17.7. The summed E-state index contributed by atoms with van der Waals surface area (Å²) in [7, 11) is 3.19. The molecule has 3 aromatic rings. The number of methoxy groups -OCH3 is 2. The van der Waals surface area contributed by atoms with E-state index in [9.17, 15) is 10.2 Å². The average molecular weight is 376 g/mol. The van der Waals surface area contributed by atoms with Gasteiger partial charge in [-0.15, -0.1) is 0 Å². The molecule has 6 nitrogen and oxygen atoms in total. The Hall–Kier alpha value is -3.80. The van der Waals surface area contributed by atoms with Crippen molar-refractivity contribution < 1.29 is 19.7 Å². The second-order valence-electron chi connectivity index (χ2n) is 5.85. The summed E-state index contributed by atoms with van der Waals surface area (Å²) in [5.41, 5.74) is 2.19. The van der Waals surface area contributed by atoms with Gasteiger partial charge in [0, 0.05) is 23.6 Å². The van der Waals surface area contributed by atoms with Crippen LogP contribution in [0.4, 0.5) is 11.4 Å². The maximum absolute atomic E-state index is 10.3. The van der Waals surface area contributed by atoms with Gasteiger partial charge in [0.2, 0.25) is 0 Å². The molecule has 0 amide bonds. The van der Waals surface area contributed by atoms with Crippen molar-refractivity contribution in [2.45, 2.75) is 0 Å². The van der Waals surface area contributed by atoms with Crippen molar-refractivity contribution in [3.8, 4) is 23.0 Å². The Labute approximate surface area is 163 Å². The van der Waals surface area contributed by atoms with Gasteiger partial charge in [-0.2, -0.15) is 0 Å². The second kappa shape index (κ2) is 8.73. The summed E-state index contributed by atoms with van der Waals surface area (Å²) < 4.78 is 10.2. The molecule has 0 saturated heterocycles. The Morgan fingerprint density at radius 1 is 0.607 bits per heavy atom. The zero-order chi connectivity index (χ0) is 19.9. The van der Waals surface area contributed by atoms with Gasteiger partial charge in [-0.25, -0.2) is 0 Å². The highest BCUT2D eigenvalue weighted by atomic mass is 16.5. The Morgan fingerprint density at radius 3 is 1.29 bits per heavy atom. The first kappa shape index (κ1) is 19.0. The monoisotopic (exact) mass is 376 g/mol. The zero-order valence-electron chi connectivity index (χ0n) is 15.5. The largest absolute Gasteiger partial charge is 0.504 e. The molecule has 0 aliphatic carbocycles. The molecule has 0 atom stereocenters. The van der Waals surface area contributed by atoms with Crippen molar-refractivity contribution in [2.24, 2.45) is 9.98 Å². The Morgan fingerprint density at radius 2 is 0.964 bits per heavy atom. The lowest BCUT2D eigenvalue weighted by atomic mass is 10.1. The summed E-state index contributed by atoms with van der Waals surface area (Å²) in [5, 5.41) is 20.5. The second-order valence-corrected chi connectivity index (χ2v) is 5.85. The van der Waals surface area contributed by atoms with E-state index >= 15 is 0 Å². The number of hydrogen-bond donors (Lipinski definition) is 2. The van der Waals surface area contributed by atoms with Gasteiger partial charge in [0.1, 0.15) is 11.5 Å². The topological polar surface area (TPSA) is 83.6 Å². The molecular formula is C22H20N2O4. The van der Waals surface area contributed by atoms with E-state index in [1.165, 1.54) is 12.4 Å². The third kappa shape index (κ3) is 4.48. The van der Waals surface area contributed by atoms with Gasteiger partial charge in [0.15, 0.2) is 11.5 Å². The Balaban J connectivity index is 1.77. The molecule has 0 radical (unpaired) electrons. The first-order valence-electron chi connectivity index (χ1n) is 8.52. The smallest absolute Gasteiger partial charge is 0.167 e. The van der Waals surface area contributed by atoms with Crippen LogP contribution in [-0.2, 0) is 0 Å². The number of rotatable bonds is 6. The van der Waals surface area contributed by atoms with E-state index in [2.05, 4.69) is 9.98 Å². The van der Waals surface area contributed by atoms with Gasteiger partial charge >= 0.3 is 0 Å². The van der Waals surface area contributed by atoms with Crippen LogP contribution in [0, 0.1) is 0 Å². The predicted molar refractivity (Wildman–Crippen MR) is 110 cm³/mol.